The monoisotopic (exact) mass is 251 g/mol. The largest absolute Gasteiger partial charge is 0.371 e. The first-order valence-corrected chi connectivity index (χ1v) is 4.42. The molecular formula is C9H5ClF3NO2. The molecule has 0 aromatic carbocycles. The van der Waals surface area contributed by atoms with Crippen molar-refractivity contribution in [3.8, 4) is 0 Å². The van der Waals surface area contributed by atoms with E-state index in [2.05, 4.69) is 4.98 Å². The molecule has 0 bridgehead atoms. The minimum absolute atomic E-state index is 0.172. The molecule has 16 heavy (non-hydrogen) atoms. The van der Waals surface area contributed by atoms with Crippen molar-refractivity contribution in [2.75, 3.05) is 6.67 Å². The number of carbonyl (C=O) groups excluding carboxylic acids is 2. The third-order valence-corrected chi connectivity index (χ3v) is 1.91. The van der Waals surface area contributed by atoms with Gasteiger partial charge in [-0.2, -0.15) is 8.78 Å². The third kappa shape index (κ3) is 2.38. The van der Waals surface area contributed by atoms with E-state index >= 15 is 0 Å². The first-order valence-electron chi connectivity index (χ1n) is 4.04. The first-order chi connectivity index (χ1) is 7.39. The fraction of sp³-hybridized carbons (Fsp3) is 0.222. The number of hydrogen-bond donors (Lipinski definition) is 0. The normalized spacial score (nSPS) is 11.2. The van der Waals surface area contributed by atoms with Gasteiger partial charge in [0.1, 0.15) is 10.8 Å². The summed E-state index contributed by atoms with van der Waals surface area (Å²) in [6, 6.07) is 3.46. The molecule has 0 amide bonds. The molecule has 7 heteroatoms. The van der Waals surface area contributed by atoms with Crippen molar-refractivity contribution >= 4 is 23.2 Å². The molecule has 1 aromatic heterocycles. The number of alkyl halides is 3. The highest BCUT2D eigenvalue weighted by atomic mass is 35.5. The maximum absolute atomic E-state index is 13.0. The second-order valence-corrected chi connectivity index (χ2v) is 3.19. The maximum Gasteiger partial charge on any atom is 0.371 e. The topological polar surface area (TPSA) is 47.0 Å². The molecule has 0 radical (unpaired) electrons. The zero-order valence-corrected chi connectivity index (χ0v) is 8.47. The molecule has 0 N–H and O–H groups in total. The average Bonchev–Trinajstić information content (AvgIpc) is 2.26. The Balaban J connectivity index is 3.07. The van der Waals surface area contributed by atoms with E-state index < -0.39 is 29.9 Å². The van der Waals surface area contributed by atoms with Crippen molar-refractivity contribution in [3.63, 3.8) is 0 Å². The van der Waals surface area contributed by atoms with Gasteiger partial charge in [-0.05, 0) is 12.1 Å². The Hall–Kier alpha value is -1.43. The number of Topliss-reactive ketones (excluding diaryl/α,β-unsaturated/α-hetero) is 2. The number of carbonyl (C=O) groups is 2. The van der Waals surface area contributed by atoms with Gasteiger partial charge in [0.05, 0.1) is 0 Å². The Kier molecular flexibility index (Phi) is 3.64. The quantitative estimate of drug-likeness (QED) is 0.468. The molecule has 0 atom stereocenters. The van der Waals surface area contributed by atoms with Gasteiger partial charge < -0.3 is 0 Å². The molecule has 0 unspecified atom stereocenters. The summed E-state index contributed by atoms with van der Waals surface area (Å²) in [5.41, 5.74) is -0.681. The highest BCUT2D eigenvalue weighted by Gasteiger charge is 2.47. The molecule has 0 saturated carbocycles. The summed E-state index contributed by atoms with van der Waals surface area (Å²) in [6.07, 6.45) is 0. The van der Waals surface area contributed by atoms with E-state index in [4.69, 9.17) is 11.6 Å². The van der Waals surface area contributed by atoms with Gasteiger partial charge in [0, 0.05) is 0 Å². The van der Waals surface area contributed by atoms with E-state index in [9.17, 15) is 22.8 Å². The molecule has 86 valence electrons. The van der Waals surface area contributed by atoms with Crippen LogP contribution in [0.1, 0.15) is 10.5 Å². The third-order valence-electron chi connectivity index (χ3n) is 1.70. The summed E-state index contributed by atoms with van der Waals surface area (Å²) in [6.45, 7) is -1.92. The first kappa shape index (κ1) is 12.6. The van der Waals surface area contributed by atoms with Crippen LogP contribution < -0.4 is 0 Å². The molecule has 0 fully saturated rings. The minimum atomic E-state index is -4.41. The van der Waals surface area contributed by atoms with Crippen LogP contribution in [0.5, 0.6) is 0 Å². The van der Waals surface area contributed by atoms with Gasteiger partial charge in [-0.3, -0.25) is 9.59 Å². The molecular weight excluding hydrogens is 247 g/mol. The van der Waals surface area contributed by atoms with Crippen LogP contribution >= 0.6 is 11.6 Å². The van der Waals surface area contributed by atoms with Crippen LogP contribution in [0.2, 0.25) is 5.15 Å². The second-order valence-electron chi connectivity index (χ2n) is 2.81. The number of ketones is 2. The fourth-order valence-electron chi connectivity index (χ4n) is 0.906. The molecule has 1 heterocycles. The average molecular weight is 252 g/mol. The Bertz CT molecular complexity index is 437. The Morgan fingerprint density at radius 3 is 2.50 bits per heavy atom. The molecule has 1 aromatic rings. The van der Waals surface area contributed by atoms with Crippen LogP contribution in [0, 0.1) is 0 Å². The van der Waals surface area contributed by atoms with Crippen molar-refractivity contribution in [3.05, 3.63) is 29.0 Å². The summed E-state index contributed by atoms with van der Waals surface area (Å²) in [5, 5.41) is -0.172. The van der Waals surface area contributed by atoms with E-state index in [0.717, 1.165) is 6.07 Å². The maximum atomic E-state index is 13.0. The summed E-state index contributed by atoms with van der Waals surface area (Å²) in [7, 11) is 0. The fourth-order valence-corrected chi connectivity index (χ4v) is 1.07. The van der Waals surface area contributed by atoms with E-state index in [-0.39, 0.29) is 5.15 Å². The molecule has 0 spiro atoms. The van der Waals surface area contributed by atoms with Crippen molar-refractivity contribution in [1.82, 2.24) is 4.98 Å². The van der Waals surface area contributed by atoms with Crippen LogP contribution in [0.3, 0.4) is 0 Å². The van der Waals surface area contributed by atoms with Crippen LogP contribution in [0.25, 0.3) is 0 Å². The van der Waals surface area contributed by atoms with Crippen LogP contribution in [-0.2, 0) is 4.79 Å². The van der Waals surface area contributed by atoms with Crippen LogP contribution in [0.15, 0.2) is 18.2 Å². The molecule has 0 saturated heterocycles. The van der Waals surface area contributed by atoms with Crippen molar-refractivity contribution in [2.45, 2.75) is 5.92 Å². The van der Waals surface area contributed by atoms with E-state index in [1.165, 1.54) is 12.1 Å². The zero-order chi connectivity index (χ0) is 12.3. The predicted octanol–water partition coefficient (Wildman–Crippen LogP) is 2.09. The highest BCUT2D eigenvalue weighted by molar-refractivity contribution is 6.29. The summed E-state index contributed by atoms with van der Waals surface area (Å²) < 4.78 is 37.8. The molecule has 0 aliphatic heterocycles. The second kappa shape index (κ2) is 4.61. The highest BCUT2D eigenvalue weighted by Crippen LogP contribution is 2.21. The van der Waals surface area contributed by atoms with Crippen molar-refractivity contribution in [2.24, 2.45) is 0 Å². The zero-order valence-electron chi connectivity index (χ0n) is 7.71. The van der Waals surface area contributed by atoms with Crippen molar-refractivity contribution < 1.29 is 22.8 Å². The number of rotatable bonds is 4. The number of aromatic nitrogens is 1. The van der Waals surface area contributed by atoms with E-state index in [0.29, 0.717) is 0 Å². The Morgan fingerprint density at radius 2 is 2.00 bits per heavy atom. The minimum Gasteiger partial charge on any atom is -0.289 e. The van der Waals surface area contributed by atoms with Gasteiger partial charge in [0.2, 0.25) is 5.78 Å². The van der Waals surface area contributed by atoms with Crippen LogP contribution in [0.4, 0.5) is 13.2 Å². The molecule has 3 nitrogen and oxygen atoms in total. The molecule has 0 aliphatic rings. The molecule has 0 aliphatic carbocycles. The number of pyridine rings is 1. The Labute approximate surface area is 93.2 Å². The van der Waals surface area contributed by atoms with E-state index in [1.807, 2.05) is 0 Å². The van der Waals surface area contributed by atoms with Gasteiger partial charge in [-0.1, -0.05) is 17.7 Å². The Morgan fingerprint density at radius 1 is 1.38 bits per heavy atom. The van der Waals surface area contributed by atoms with Gasteiger partial charge in [0.25, 0.3) is 5.78 Å². The van der Waals surface area contributed by atoms with Gasteiger partial charge in [-0.25, -0.2) is 9.37 Å². The lowest BCUT2D eigenvalue weighted by molar-refractivity contribution is -0.137. The lowest BCUT2D eigenvalue weighted by Crippen LogP contribution is -2.39. The number of nitrogens with zero attached hydrogens (tertiary/aromatic N) is 1. The summed E-state index contributed by atoms with van der Waals surface area (Å²) in [5.74, 6) is -8.37. The smallest absolute Gasteiger partial charge is 0.289 e. The van der Waals surface area contributed by atoms with Crippen LogP contribution in [-0.4, -0.2) is 29.1 Å². The lowest BCUT2D eigenvalue weighted by Gasteiger charge is -2.10. The standard InChI is InChI=1S/C9H5ClF3NO2/c10-7-3-1-2-5(14-7)8(16)9(12,13)6(15)4-11/h1-3H,4H2. The predicted molar refractivity (Wildman–Crippen MR) is 49.5 cm³/mol. The number of halogens is 4. The van der Waals surface area contributed by atoms with Gasteiger partial charge in [-0.15, -0.1) is 0 Å². The van der Waals surface area contributed by atoms with Crippen molar-refractivity contribution in [1.29, 1.82) is 0 Å². The van der Waals surface area contributed by atoms with E-state index in [1.54, 1.807) is 0 Å². The SMILES string of the molecule is O=C(CF)C(F)(F)C(=O)c1cccc(Cl)n1. The lowest BCUT2D eigenvalue weighted by atomic mass is 10.1. The molecule has 1 rings (SSSR count). The summed E-state index contributed by atoms with van der Waals surface area (Å²) in [4.78, 5) is 25.0. The van der Waals surface area contributed by atoms with Gasteiger partial charge in [0.15, 0.2) is 6.67 Å². The number of hydrogen-bond acceptors (Lipinski definition) is 3. The summed E-state index contributed by atoms with van der Waals surface area (Å²) >= 11 is 5.39. The van der Waals surface area contributed by atoms with Gasteiger partial charge >= 0.3 is 5.92 Å².